The molecule has 1 atom stereocenters. The highest BCUT2D eigenvalue weighted by Gasteiger charge is 2.16. The zero-order valence-corrected chi connectivity index (χ0v) is 13.7. The molecule has 0 spiro atoms. The average molecular weight is 363 g/mol. The van der Waals surface area contributed by atoms with E-state index >= 15 is 0 Å². The van der Waals surface area contributed by atoms with Crippen molar-refractivity contribution in [2.24, 2.45) is 0 Å². The van der Waals surface area contributed by atoms with Gasteiger partial charge in [0.15, 0.2) is 0 Å². The second-order valence-electron chi connectivity index (χ2n) is 4.60. The summed E-state index contributed by atoms with van der Waals surface area (Å²) >= 11 is 15.5. The molecule has 0 aliphatic heterocycles. The SMILES string of the molecule is CN(C)CC(c1ccc(Cl)c(Cl)c1)n1cnc(Br)c1. The van der Waals surface area contributed by atoms with Crippen LogP contribution in [0.5, 0.6) is 0 Å². The Kier molecular flexibility index (Phi) is 4.90. The highest BCUT2D eigenvalue weighted by molar-refractivity contribution is 9.10. The van der Waals surface area contributed by atoms with Gasteiger partial charge in [0.25, 0.3) is 0 Å². The van der Waals surface area contributed by atoms with Crippen LogP contribution in [-0.4, -0.2) is 35.1 Å². The number of hydrogen-bond donors (Lipinski definition) is 0. The van der Waals surface area contributed by atoms with Gasteiger partial charge in [0, 0.05) is 12.7 Å². The summed E-state index contributed by atoms with van der Waals surface area (Å²) in [6.45, 7) is 0.848. The first-order chi connectivity index (χ1) is 8.97. The lowest BCUT2D eigenvalue weighted by atomic mass is 10.1. The van der Waals surface area contributed by atoms with E-state index in [4.69, 9.17) is 23.2 Å². The van der Waals surface area contributed by atoms with Crippen molar-refractivity contribution in [3.63, 3.8) is 0 Å². The third-order valence-corrected chi connectivity index (χ3v) is 3.94. The monoisotopic (exact) mass is 361 g/mol. The molecule has 0 aliphatic rings. The van der Waals surface area contributed by atoms with Crippen molar-refractivity contribution in [2.45, 2.75) is 6.04 Å². The molecule has 0 radical (unpaired) electrons. The number of hydrogen-bond acceptors (Lipinski definition) is 2. The Morgan fingerprint density at radius 1 is 1.32 bits per heavy atom. The van der Waals surface area contributed by atoms with E-state index < -0.39 is 0 Å². The Morgan fingerprint density at radius 2 is 2.05 bits per heavy atom. The molecule has 0 amide bonds. The first-order valence-corrected chi connectivity index (χ1v) is 7.31. The molecular formula is C13H14BrCl2N3. The molecule has 2 rings (SSSR count). The molecule has 3 nitrogen and oxygen atoms in total. The average Bonchev–Trinajstić information content (AvgIpc) is 2.76. The number of benzene rings is 1. The fourth-order valence-electron chi connectivity index (χ4n) is 1.92. The predicted molar refractivity (Wildman–Crippen MR) is 83.1 cm³/mol. The van der Waals surface area contributed by atoms with Gasteiger partial charge in [-0.3, -0.25) is 0 Å². The lowest BCUT2D eigenvalue weighted by Gasteiger charge is -2.23. The van der Waals surface area contributed by atoms with Gasteiger partial charge >= 0.3 is 0 Å². The Bertz CT molecular complexity index is 569. The Morgan fingerprint density at radius 3 is 2.58 bits per heavy atom. The quantitative estimate of drug-likeness (QED) is 0.816. The van der Waals surface area contributed by atoms with Gasteiger partial charge in [0.1, 0.15) is 4.60 Å². The van der Waals surface area contributed by atoms with Crippen LogP contribution in [0.25, 0.3) is 0 Å². The van der Waals surface area contributed by atoms with Gasteiger partial charge in [-0.05, 0) is 47.7 Å². The van der Waals surface area contributed by atoms with Crippen molar-refractivity contribution in [1.29, 1.82) is 0 Å². The van der Waals surface area contributed by atoms with Gasteiger partial charge in [0.2, 0.25) is 0 Å². The van der Waals surface area contributed by atoms with E-state index in [2.05, 4.69) is 30.4 Å². The molecule has 1 aromatic heterocycles. The first kappa shape index (κ1) is 14.9. The molecule has 0 fully saturated rings. The van der Waals surface area contributed by atoms with E-state index in [-0.39, 0.29) is 6.04 Å². The first-order valence-electron chi connectivity index (χ1n) is 5.76. The lowest BCUT2D eigenvalue weighted by Crippen LogP contribution is -2.24. The number of rotatable bonds is 4. The Hall–Kier alpha value is -0.550. The van der Waals surface area contributed by atoms with Gasteiger partial charge in [-0.2, -0.15) is 0 Å². The fourth-order valence-corrected chi connectivity index (χ4v) is 2.55. The van der Waals surface area contributed by atoms with Crippen LogP contribution in [-0.2, 0) is 0 Å². The van der Waals surface area contributed by atoms with Crippen molar-refractivity contribution in [3.8, 4) is 0 Å². The zero-order valence-electron chi connectivity index (χ0n) is 10.6. The smallest absolute Gasteiger partial charge is 0.124 e. The van der Waals surface area contributed by atoms with E-state index in [1.165, 1.54) is 0 Å². The van der Waals surface area contributed by atoms with Gasteiger partial charge in [-0.15, -0.1) is 0 Å². The normalized spacial score (nSPS) is 12.9. The third-order valence-electron chi connectivity index (χ3n) is 2.80. The summed E-state index contributed by atoms with van der Waals surface area (Å²) in [6.07, 6.45) is 3.76. The van der Waals surface area contributed by atoms with Gasteiger partial charge < -0.3 is 9.47 Å². The fraction of sp³-hybridized carbons (Fsp3) is 0.308. The minimum Gasteiger partial charge on any atom is -0.327 e. The van der Waals surface area contributed by atoms with Crippen LogP contribution in [0, 0.1) is 0 Å². The molecule has 0 saturated carbocycles. The van der Waals surface area contributed by atoms with Crippen molar-refractivity contribution >= 4 is 39.1 Å². The molecule has 0 N–H and O–H groups in total. The molecule has 0 bridgehead atoms. The third kappa shape index (κ3) is 3.72. The van der Waals surface area contributed by atoms with Gasteiger partial charge in [-0.25, -0.2) is 4.98 Å². The molecule has 1 aromatic carbocycles. The molecule has 1 heterocycles. The minimum absolute atomic E-state index is 0.142. The van der Waals surface area contributed by atoms with Crippen molar-refractivity contribution in [1.82, 2.24) is 14.5 Å². The standard InChI is InChI=1S/C13H14BrCl2N3/c1-18(2)6-12(19-7-13(14)17-8-19)9-3-4-10(15)11(16)5-9/h3-5,7-8,12H,6H2,1-2H3. The maximum Gasteiger partial charge on any atom is 0.124 e. The van der Waals surface area contributed by atoms with Crippen molar-refractivity contribution < 1.29 is 0 Å². The van der Waals surface area contributed by atoms with E-state index in [0.717, 1.165) is 16.7 Å². The zero-order chi connectivity index (χ0) is 14.0. The molecule has 6 heteroatoms. The van der Waals surface area contributed by atoms with E-state index in [0.29, 0.717) is 10.0 Å². The summed E-state index contributed by atoms with van der Waals surface area (Å²) in [4.78, 5) is 6.34. The second kappa shape index (κ2) is 6.27. The van der Waals surface area contributed by atoms with E-state index in [1.807, 2.05) is 38.5 Å². The van der Waals surface area contributed by atoms with Crippen molar-refractivity contribution in [2.75, 3.05) is 20.6 Å². The van der Waals surface area contributed by atoms with Crippen LogP contribution in [0.4, 0.5) is 0 Å². The Labute approximate surface area is 131 Å². The Balaban J connectivity index is 2.39. The molecule has 0 aliphatic carbocycles. The molecular weight excluding hydrogens is 349 g/mol. The number of nitrogens with zero attached hydrogens (tertiary/aromatic N) is 3. The summed E-state index contributed by atoms with van der Waals surface area (Å²) < 4.78 is 2.88. The predicted octanol–water partition coefficient (Wildman–Crippen LogP) is 4.10. The van der Waals surface area contributed by atoms with Gasteiger partial charge in [0.05, 0.1) is 22.4 Å². The van der Waals surface area contributed by atoms with Crippen LogP contribution in [0.15, 0.2) is 35.3 Å². The van der Waals surface area contributed by atoms with E-state index in [1.54, 1.807) is 6.33 Å². The van der Waals surface area contributed by atoms with Crippen LogP contribution < -0.4 is 0 Å². The highest BCUT2D eigenvalue weighted by atomic mass is 79.9. The van der Waals surface area contributed by atoms with Crippen molar-refractivity contribution in [3.05, 3.63) is 50.9 Å². The summed E-state index contributed by atoms with van der Waals surface area (Å²) in [6, 6.07) is 5.87. The molecule has 19 heavy (non-hydrogen) atoms. The second-order valence-corrected chi connectivity index (χ2v) is 6.22. The molecule has 0 saturated heterocycles. The number of aromatic nitrogens is 2. The van der Waals surface area contributed by atoms with Crippen LogP contribution >= 0.6 is 39.1 Å². The molecule has 102 valence electrons. The van der Waals surface area contributed by atoms with Crippen LogP contribution in [0.1, 0.15) is 11.6 Å². The highest BCUT2D eigenvalue weighted by Crippen LogP contribution is 2.28. The maximum absolute atomic E-state index is 6.11. The maximum atomic E-state index is 6.11. The minimum atomic E-state index is 0.142. The summed E-state index contributed by atoms with van der Waals surface area (Å²) in [5.41, 5.74) is 1.10. The topological polar surface area (TPSA) is 21.1 Å². The number of likely N-dealkylation sites (N-methyl/N-ethyl adjacent to an activating group) is 1. The van der Waals surface area contributed by atoms with Crippen LogP contribution in [0.2, 0.25) is 10.0 Å². The summed E-state index contributed by atoms with van der Waals surface area (Å²) in [7, 11) is 4.08. The lowest BCUT2D eigenvalue weighted by molar-refractivity contribution is 0.350. The summed E-state index contributed by atoms with van der Waals surface area (Å²) in [5, 5.41) is 1.14. The molecule has 1 unspecified atom stereocenters. The van der Waals surface area contributed by atoms with E-state index in [9.17, 15) is 0 Å². The number of imidazole rings is 1. The molecule has 2 aromatic rings. The number of halogens is 3. The van der Waals surface area contributed by atoms with Crippen LogP contribution in [0.3, 0.4) is 0 Å². The van der Waals surface area contributed by atoms with Gasteiger partial charge in [-0.1, -0.05) is 29.3 Å². The largest absolute Gasteiger partial charge is 0.327 e. The summed E-state index contributed by atoms with van der Waals surface area (Å²) in [5.74, 6) is 0.